The second-order valence-corrected chi connectivity index (χ2v) is 7.84. The summed E-state index contributed by atoms with van der Waals surface area (Å²) in [5.74, 6) is -2.26. The van der Waals surface area contributed by atoms with Gasteiger partial charge in [0, 0.05) is 14.2 Å². The van der Waals surface area contributed by atoms with E-state index in [2.05, 4.69) is 14.4 Å². The van der Waals surface area contributed by atoms with E-state index >= 15 is 0 Å². The Morgan fingerprint density at radius 3 is 2.31 bits per heavy atom. The fourth-order valence-electron chi connectivity index (χ4n) is 2.67. The van der Waals surface area contributed by atoms with Gasteiger partial charge in [0.05, 0.1) is 13.0 Å². The molecule has 4 amide bonds. The Bertz CT molecular complexity index is 823. The molecular weight excluding hydrogens is 405 g/mol. The first-order valence-electron chi connectivity index (χ1n) is 8.63. The van der Waals surface area contributed by atoms with Crippen molar-refractivity contribution in [3.8, 4) is 0 Å². The maximum atomic E-state index is 12.4. The summed E-state index contributed by atoms with van der Waals surface area (Å²) < 4.78 is 26.1. The Hall–Kier alpha value is -2.75. The summed E-state index contributed by atoms with van der Waals surface area (Å²) in [6.07, 6.45) is -0.0189. The number of carbonyl (C=O) groups is 4. The minimum atomic E-state index is -4.00. The zero-order chi connectivity index (χ0) is 21.6. The van der Waals surface area contributed by atoms with Crippen molar-refractivity contribution < 1.29 is 37.5 Å². The molecule has 1 aromatic carbocycles. The molecular formula is C17H22N3O8P. The zero-order valence-corrected chi connectivity index (χ0v) is 17.0. The van der Waals surface area contributed by atoms with E-state index in [4.69, 9.17) is 4.74 Å². The average molecular weight is 427 g/mol. The van der Waals surface area contributed by atoms with E-state index < -0.39 is 43.6 Å². The van der Waals surface area contributed by atoms with Crippen LogP contribution in [0.15, 0.2) is 30.3 Å². The summed E-state index contributed by atoms with van der Waals surface area (Å²) in [4.78, 5) is 49.8. The molecule has 1 heterocycles. The monoisotopic (exact) mass is 427 g/mol. The van der Waals surface area contributed by atoms with Crippen LogP contribution in [0.4, 0.5) is 4.79 Å². The highest BCUT2D eigenvalue weighted by atomic mass is 31.2. The predicted octanol–water partition coefficient (Wildman–Crippen LogP) is 0.598. The topological polar surface area (TPSA) is 140 Å². The van der Waals surface area contributed by atoms with Crippen LogP contribution < -0.4 is 10.4 Å². The maximum Gasteiger partial charge on any atom is 0.435 e. The van der Waals surface area contributed by atoms with Gasteiger partial charge in [0.1, 0.15) is 6.04 Å². The van der Waals surface area contributed by atoms with E-state index in [0.29, 0.717) is 10.5 Å². The molecule has 0 radical (unpaired) electrons. The summed E-state index contributed by atoms with van der Waals surface area (Å²) >= 11 is 0. The van der Waals surface area contributed by atoms with Crippen LogP contribution in [0, 0.1) is 0 Å². The quantitative estimate of drug-likeness (QED) is 0.349. The van der Waals surface area contributed by atoms with E-state index in [-0.39, 0.29) is 13.0 Å². The predicted molar refractivity (Wildman–Crippen MR) is 99.5 cm³/mol. The van der Waals surface area contributed by atoms with Crippen LogP contribution >= 0.6 is 7.75 Å². The third-order valence-corrected chi connectivity index (χ3v) is 5.51. The van der Waals surface area contributed by atoms with Crippen LogP contribution in [-0.2, 0) is 39.2 Å². The molecule has 11 nitrogen and oxygen atoms in total. The second-order valence-electron chi connectivity index (χ2n) is 5.89. The number of imide groups is 1. The summed E-state index contributed by atoms with van der Waals surface area (Å²) in [6, 6.07) is 4.90. The molecule has 0 spiro atoms. The number of hydrogen-bond acceptors (Lipinski definition) is 8. The van der Waals surface area contributed by atoms with Crippen molar-refractivity contribution >= 4 is 31.6 Å². The molecule has 2 unspecified atom stereocenters. The summed E-state index contributed by atoms with van der Waals surface area (Å²) in [5, 5.41) is 4.36. The molecule has 2 N–H and O–H groups in total. The first-order chi connectivity index (χ1) is 13.8. The van der Waals surface area contributed by atoms with Crippen molar-refractivity contribution in [3.63, 3.8) is 0 Å². The molecule has 1 saturated heterocycles. The number of amides is 4. The summed E-state index contributed by atoms with van der Waals surface area (Å²) in [7, 11) is -1.92. The summed E-state index contributed by atoms with van der Waals surface area (Å²) in [5.41, 5.74) is 0.709. The lowest BCUT2D eigenvalue weighted by atomic mass is 9.95. The fraction of sp³-hybridized carbons (Fsp3) is 0.412. The van der Waals surface area contributed by atoms with Gasteiger partial charge in [0.2, 0.25) is 5.91 Å². The van der Waals surface area contributed by atoms with Crippen LogP contribution in [0.2, 0.25) is 0 Å². The lowest BCUT2D eigenvalue weighted by Gasteiger charge is -2.43. The van der Waals surface area contributed by atoms with Crippen molar-refractivity contribution in [2.45, 2.75) is 25.4 Å². The standard InChI is InChI=1S/C17H22N3O8P/c1-4-28-16(23)14-13(18-12(21)10-11-8-6-5-7-9-11)15(22)20(14)17(24)19-29(25,26-2)27-3/h5-9,13-14H,4,10H2,1-3H3,(H,18,21)(H,19,24,25). The van der Waals surface area contributed by atoms with Gasteiger partial charge < -0.3 is 10.1 Å². The number of carbonyl (C=O) groups excluding carboxylic acids is 4. The number of hydrogen-bond donors (Lipinski definition) is 2. The molecule has 1 aliphatic heterocycles. The van der Waals surface area contributed by atoms with Gasteiger partial charge in [-0.2, -0.15) is 0 Å². The van der Waals surface area contributed by atoms with E-state index in [1.807, 2.05) is 5.09 Å². The Morgan fingerprint density at radius 1 is 1.14 bits per heavy atom. The number of benzene rings is 1. The van der Waals surface area contributed by atoms with Crippen LogP contribution in [0.1, 0.15) is 12.5 Å². The minimum Gasteiger partial charge on any atom is -0.464 e. The lowest BCUT2D eigenvalue weighted by molar-refractivity contribution is -0.166. The van der Waals surface area contributed by atoms with Gasteiger partial charge in [-0.3, -0.25) is 18.6 Å². The number of rotatable bonds is 8. The number of nitrogens with one attached hydrogen (secondary N) is 2. The van der Waals surface area contributed by atoms with Crippen molar-refractivity contribution in [1.82, 2.24) is 15.3 Å². The molecule has 0 aliphatic carbocycles. The molecule has 2 rings (SSSR count). The third kappa shape index (κ3) is 5.20. The van der Waals surface area contributed by atoms with Crippen LogP contribution in [-0.4, -0.2) is 61.6 Å². The third-order valence-electron chi connectivity index (χ3n) is 4.08. The molecule has 158 valence electrons. The maximum absolute atomic E-state index is 12.4. The highest BCUT2D eigenvalue weighted by molar-refractivity contribution is 7.52. The van der Waals surface area contributed by atoms with E-state index in [1.165, 1.54) is 0 Å². The summed E-state index contributed by atoms with van der Waals surface area (Å²) in [6.45, 7) is 1.55. The van der Waals surface area contributed by atoms with Crippen LogP contribution in [0.5, 0.6) is 0 Å². The molecule has 0 aromatic heterocycles. The number of β-lactam (4-membered cyclic amide) rings is 1. The van der Waals surface area contributed by atoms with Gasteiger partial charge in [-0.25, -0.2) is 24.1 Å². The van der Waals surface area contributed by atoms with Gasteiger partial charge in [-0.15, -0.1) is 0 Å². The highest BCUT2D eigenvalue weighted by Crippen LogP contribution is 2.42. The van der Waals surface area contributed by atoms with Gasteiger partial charge in [-0.1, -0.05) is 30.3 Å². The number of ether oxygens (including phenoxy) is 1. The van der Waals surface area contributed by atoms with Crippen LogP contribution in [0.3, 0.4) is 0 Å². The average Bonchev–Trinajstić information content (AvgIpc) is 2.70. The minimum absolute atomic E-state index is 0.00169. The number of likely N-dealkylation sites (tertiary alicyclic amines) is 1. The number of esters is 1. The first-order valence-corrected chi connectivity index (χ1v) is 10.2. The van der Waals surface area contributed by atoms with E-state index in [1.54, 1.807) is 37.3 Å². The Kier molecular flexibility index (Phi) is 7.49. The van der Waals surface area contributed by atoms with Crippen molar-refractivity contribution in [3.05, 3.63) is 35.9 Å². The largest absolute Gasteiger partial charge is 0.464 e. The lowest BCUT2D eigenvalue weighted by Crippen LogP contribution is -2.75. The molecule has 1 aliphatic rings. The highest BCUT2D eigenvalue weighted by Gasteiger charge is 2.57. The normalized spacial score (nSPS) is 18.6. The fourth-order valence-corrected chi connectivity index (χ4v) is 3.34. The Balaban J connectivity index is 2.13. The van der Waals surface area contributed by atoms with Crippen molar-refractivity contribution in [2.24, 2.45) is 0 Å². The van der Waals surface area contributed by atoms with Crippen LogP contribution in [0.25, 0.3) is 0 Å². The molecule has 1 aromatic rings. The van der Waals surface area contributed by atoms with Gasteiger partial charge in [0.25, 0.3) is 5.91 Å². The van der Waals surface area contributed by atoms with E-state index in [9.17, 15) is 23.7 Å². The van der Waals surface area contributed by atoms with Gasteiger partial charge in [-0.05, 0) is 12.5 Å². The molecule has 29 heavy (non-hydrogen) atoms. The molecule has 2 atom stereocenters. The van der Waals surface area contributed by atoms with Gasteiger partial charge >= 0.3 is 19.7 Å². The molecule has 0 saturated carbocycles. The smallest absolute Gasteiger partial charge is 0.435 e. The van der Waals surface area contributed by atoms with Gasteiger partial charge in [0.15, 0.2) is 6.04 Å². The Labute approximate surface area is 167 Å². The second kappa shape index (κ2) is 9.64. The SMILES string of the molecule is CCOC(=O)C1C(NC(=O)Cc2ccccc2)C(=O)N1C(=O)NP(=O)(OC)OC. The Morgan fingerprint density at radius 2 is 1.76 bits per heavy atom. The van der Waals surface area contributed by atoms with Crippen molar-refractivity contribution in [2.75, 3.05) is 20.8 Å². The van der Waals surface area contributed by atoms with Crippen molar-refractivity contribution in [1.29, 1.82) is 0 Å². The number of urea groups is 1. The molecule has 12 heteroatoms. The first kappa shape index (κ1) is 22.5. The zero-order valence-electron chi connectivity index (χ0n) is 16.1. The number of nitrogens with zero attached hydrogens (tertiary/aromatic N) is 1. The molecule has 1 fully saturated rings. The van der Waals surface area contributed by atoms with E-state index in [0.717, 1.165) is 14.2 Å². The molecule has 0 bridgehead atoms.